The van der Waals surface area contributed by atoms with Gasteiger partial charge in [-0.05, 0) is 60.6 Å². The molecule has 2 atom stereocenters. The molecule has 2 aromatic carbocycles. The van der Waals surface area contributed by atoms with Crippen LogP contribution in [0.15, 0.2) is 53.4 Å². The molecule has 0 bridgehead atoms. The molecule has 0 radical (unpaired) electrons. The van der Waals surface area contributed by atoms with Gasteiger partial charge < -0.3 is 4.79 Å². The van der Waals surface area contributed by atoms with Gasteiger partial charge in [-0.3, -0.25) is 0 Å². The van der Waals surface area contributed by atoms with E-state index in [1.807, 2.05) is 24.3 Å². The van der Waals surface area contributed by atoms with Crippen LogP contribution < -0.4 is 4.72 Å². The van der Waals surface area contributed by atoms with Gasteiger partial charge in [0.25, 0.3) is 0 Å². The number of carbonyl (C=O) groups is 1. The predicted molar refractivity (Wildman–Crippen MR) is 97.8 cm³/mol. The minimum atomic E-state index is -3.66. The van der Waals surface area contributed by atoms with Crippen molar-refractivity contribution in [3.63, 3.8) is 0 Å². The number of carbonyl (C=O) groups excluding carboxylic acids is 1. The molecule has 0 aromatic heterocycles. The summed E-state index contributed by atoms with van der Waals surface area (Å²) < 4.78 is 40.9. The summed E-state index contributed by atoms with van der Waals surface area (Å²) in [6, 6.07) is 12.6. The van der Waals surface area contributed by atoms with Crippen molar-refractivity contribution in [1.29, 1.82) is 0 Å². The van der Waals surface area contributed by atoms with Gasteiger partial charge >= 0.3 is 0 Å². The van der Waals surface area contributed by atoms with Gasteiger partial charge in [-0.25, -0.2) is 17.5 Å². The lowest BCUT2D eigenvalue weighted by Crippen LogP contribution is -2.38. The van der Waals surface area contributed by atoms with Gasteiger partial charge in [0.1, 0.15) is 12.1 Å². The average Bonchev–Trinajstić information content (AvgIpc) is 3.03. The van der Waals surface area contributed by atoms with Crippen LogP contribution in [0, 0.1) is 11.7 Å². The number of aldehydes is 1. The molecule has 6 heteroatoms. The topological polar surface area (TPSA) is 63.2 Å². The monoisotopic (exact) mass is 375 g/mol. The number of benzene rings is 2. The zero-order chi connectivity index (χ0) is 18.6. The Balaban J connectivity index is 1.67. The van der Waals surface area contributed by atoms with Gasteiger partial charge in [0.15, 0.2) is 0 Å². The van der Waals surface area contributed by atoms with Crippen molar-refractivity contribution in [2.45, 2.75) is 43.0 Å². The molecule has 3 rings (SSSR count). The number of nitrogens with one attached hydrogen (secondary N) is 1. The quantitative estimate of drug-likeness (QED) is 0.756. The minimum absolute atomic E-state index is 0.0859. The van der Waals surface area contributed by atoms with E-state index >= 15 is 0 Å². The van der Waals surface area contributed by atoms with Gasteiger partial charge in [0.2, 0.25) is 10.0 Å². The molecule has 0 saturated heterocycles. The van der Waals surface area contributed by atoms with Crippen LogP contribution in [0.3, 0.4) is 0 Å². The first-order chi connectivity index (χ1) is 12.5. The zero-order valence-electron chi connectivity index (χ0n) is 14.4. The molecule has 0 heterocycles. The second kappa shape index (κ2) is 8.10. The van der Waals surface area contributed by atoms with E-state index in [1.165, 1.54) is 12.1 Å². The minimum Gasteiger partial charge on any atom is -0.303 e. The molecule has 1 fully saturated rings. The number of rotatable bonds is 7. The average molecular weight is 375 g/mol. The molecule has 4 nitrogen and oxygen atoms in total. The standard InChI is InChI=1S/C20H22FNO3S/c21-18-8-10-19(11-9-18)26(24,25)22-20-3-1-2-17(20)14-16-6-4-15(5-7-16)12-13-23/h4-11,13,17,20,22H,1-3,12,14H2. The maximum Gasteiger partial charge on any atom is 0.240 e. The third-order valence-corrected chi connectivity index (χ3v) is 6.44. The second-order valence-electron chi connectivity index (χ2n) is 6.76. The van der Waals surface area contributed by atoms with Crippen LogP contribution in [0.25, 0.3) is 0 Å². The summed E-state index contributed by atoms with van der Waals surface area (Å²) >= 11 is 0. The summed E-state index contributed by atoms with van der Waals surface area (Å²) in [6.45, 7) is 0. The Kier molecular flexibility index (Phi) is 5.84. The molecule has 138 valence electrons. The molecule has 2 aromatic rings. The lowest BCUT2D eigenvalue weighted by molar-refractivity contribution is -0.107. The molecule has 1 saturated carbocycles. The maximum atomic E-state index is 13.0. The number of hydrogen-bond donors (Lipinski definition) is 1. The molecular weight excluding hydrogens is 353 g/mol. The van der Waals surface area contributed by atoms with Crippen LogP contribution in [0.5, 0.6) is 0 Å². The van der Waals surface area contributed by atoms with E-state index in [0.717, 1.165) is 55.2 Å². The van der Waals surface area contributed by atoms with Gasteiger partial charge in [0.05, 0.1) is 4.90 Å². The Morgan fingerprint density at radius 1 is 1.00 bits per heavy atom. The second-order valence-corrected chi connectivity index (χ2v) is 8.48. The van der Waals surface area contributed by atoms with Crippen molar-refractivity contribution in [2.75, 3.05) is 0 Å². The van der Waals surface area contributed by atoms with Gasteiger partial charge in [0, 0.05) is 12.5 Å². The van der Waals surface area contributed by atoms with Crippen LogP contribution in [0.2, 0.25) is 0 Å². The van der Waals surface area contributed by atoms with Gasteiger partial charge in [-0.2, -0.15) is 0 Å². The van der Waals surface area contributed by atoms with Gasteiger partial charge in [-0.1, -0.05) is 30.7 Å². The third-order valence-electron chi connectivity index (χ3n) is 4.93. The zero-order valence-corrected chi connectivity index (χ0v) is 15.2. The maximum absolute atomic E-state index is 13.0. The number of halogens is 1. The van der Waals surface area contributed by atoms with Crippen LogP contribution in [0.1, 0.15) is 30.4 Å². The first-order valence-corrected chi connectivity index (χ1v) is 10.3. The van der Waals surface area contributed by atoms with E-state index in [4.69, 9.17) is 0 Å². The van der Waals surface area contributed by atoms with Crippen molar-refractivity contribution in [3.8, 4) is 0 Å². The molecule has 2 unspecified atom stereocenters. The highest BCUT2D eigenvalue weighted by Crippen LogP contribution is 2.30. The number of hydrogen-bond acceptors (Lipinski definition) is 3. The van der Waals surface area contributed by atoms with Crippen molar-refractivity contribution in [1.82, 2.24) is 4.72 Å². The van der Waals surface area contributed by atoms with E-state index < -0.39 is 15.8 Å². The third kappa shape index (κ3) is 4.56. The van der Waals surface area contributed by atoms with Crippen LogP contribution in [0.4, 0.5) is 4.39 Å². The van der Waals surface area contributed by atoms with Crippen LogP contribution >= 0.6 is 0 Å². The molecule has 0 aliphatic heterocycles. The van der Waals surface area contributed by atoms with Crippen molar-refractivity contribution in [2.24, 2.45) is 5.92 Å². The van der Waals surface area contributed by atoms with Gasteiger partial charge in [-0.15, -0.1) is 0 Å². The summed E-state index contributed by atoms with van der Waals surface area (Å²) in [5, 5.41) is 0. The van der Waals surface area contributed by atoms with Crippen molar-refractivity contribution < 1.29 is 17.6 Å². The fraction of sp³-hybridized carbons (Fsp3) is 0.350. The van der Waals surface area contributed by atoms with Crippen molar-refractivity contribution >= 4 is 16.3 Å². The smallest absolute Gasteiger partial charge is 0.240 e. The largest absolute Gasteiger partial charge is 0.303 e. The molecule has 0 spiro atoms. The van der Waals surface area contributed by atoms with Crippen molar-refractivity contribution in [3.05, 3.63) is 65.5 Å². The molecule has 0 amide bonds. The summed E-state index contributed by atoms with van der Waals surface area (Å²) in [6.07, 6.45) is 4.82. The normalized spacial score (nSPS) is 20.2. The summed E-state index contributed by atoms with van der Waals surface area (Å²) in [7, 11) is -3.66. The number of sulfonamides is 1. The Hall–Kier alpha value is -2.05. The first-order valence-electron chi connectivity index (χ1n) is 8.77. The van der Waals surface area contributed by atoms with E-state index in [-0.39, 0.29) is 16.9 Å². The Morgan fingerprint density at radius 2 is 1.65 bits per heavy atom. The molecule has 1 aliphatic rings. The van der Waals surface area contributed by atoms with Crippen LogP contribution in [-0.4, -0.2) is 20.7 Å². The SMILES string of the molecule is O=CCc1ccc(CC2CCCC2NS(=O)(=O)c2ccc(F)cc2)cc1. The molecule has 26 heavy (non-hydrogen) atoms. The summed E-state index contributed by atoms with van der Waals surface area (Å²) in [5.74, 6) is -0.233. The molecule has 1 N–H and O–H groups in total. The molecular formula is C20H22FNO3S. The van der Waals surface area contributed by atoms with E-state index in [1.54, 1.807) is 0 Å². The fourth-order valence-electron chi connectivity index (χ4n) is 3.53. The highest BCUT2D eigenvalue weighted by molar-refractivity contribution is 7.89. The fourth-order valence-corrected chi connectivity index (χ4v) is 4.87. The predicted octanol–water partition coefficient (Wildman–Crippen LogP) is 3.26. The Labute approximate surface area is 153 Å². The Bertz CT molecular complexity index is 848. The summed E-state index contributed by atoms with van der Waals surface area (Å²) in [4.78, 5) is 10.6. The first kappa shape index (κ1) is 18.7. The Morgan fingerprint density at radius 3 is 2.31 bits per heavy atom. The van der Waals surface area contributed by atoms with E-state index in [0.29, 0.717) is 6.42 Å². The lowest BCUT2D eigenvalue weighted by Gasteiger charge is -2.21. The van der Waals surface area contributed by atoms with E-state index in [9.17, 15) is 17.6 Å². The van der Waals surface area contributed by atoms with E-state index in [2.05, 4.69) is 4.72 Å². The molecule has 1 aliphatic carbocycles. The summed E-state index contributed by atoms with van der Waals surface area (Å²) in [5.41, 5.74) is 2.11. The van der Waals surface area contributed by atoms with Crippen LogP contribution in [-0.2, 0) is 27.7 Å². The highest BCUT2D eigenvalue weighted by atomic mass is 32.2. The lowest BCUT2D eigenvalue weighted by atomic mass is 9.94. The highest BCUT2D eigenvalue weighted by Gasteiger charge is 2.31.